The lowest BCUT2D eigenvalue weighted by molar-refractivity contribution is 0.373. The van der Waals surface area contributed by atoms with Gasteiger partial charge in [-0.1, -0.05) is 6.07 Å². The average molecular weight is 388 g/mol. The molecule has 144 valence electrons. The van der Waals surface area contributed by atoms with E-state index in [1.165, 1.54) is 17.0 Å². The van der Waals surface area contributed by atoms with Crippen molar-refractivity contribution >= 4 is 15.8 Å². The number of rotatable bonds is 4. The van der Waals surface area contributed by atoms with E-state index in [0.717, 1.165) is 36.3 Å². The second-order valence-electron chi connectivity index (χ2n) is 7.07. The van der Waals surface area contributed by atoms with Crippen LogP contribution in [0.25, 0.3) is 0 Å². The lowest BCUT2D eigenvalue weighted by atomic mass is 10.2. The molecule has 2 aliphatic rings. The molecule has 8 heteroatoms. The van der Waals surface area contributed by atoms with Gasteiger partial charge in [-0.25, -0.2) is 8.42 Å². The molecule has 2 heterocycles. The number of ether oxygens (including phenoxy) is 1. The van der Waals surface area contributed by atoms with Gasteiger partial charge in [0.1, 0.15) is 10.6 Å². The predicted octanol–water partition coefficient (Wildman–Crippen LogP) is 1.79. The summed E-state index contributed by atoms with van der Waals surface area (Å²) in [5.74, 6) is 1.24. The van der Waals surface area contributed by atoms with Gasteiger partial charge >= 0.3 is 0 Å². The van der Waals surface area contributed by atoms with E-state index in [1.54, 1.807) is 18.2 Å². The zero-order valence-electron chi connectivity index (χ0n) is 15.7. The predicted molar refractivity (Wildman–Crippen MR) is 103 cm³/mol. The normalized spacial score (nSPS) is 17.8. The van der Waals surface area contributed by atoms with Crippen molar-refractivity contribution in [3.05, 3.63) is 41.1 Å². The summed E-state index contributed by atoms with van der Waals surface area (Å²) in [6.45, 7) is 3.94. The van der Waals surface area contributed by atoms with Gasteiger partial charge in [0.2, 0.25) is 10.0 Å². The third kappa shape index (κ3) is 3.39. The number of hydrogen-bond donors (Lipinski definition) is 0. The molecule has 4 rings (SSSR count). The molecule has 1 aromatic carbocycles. The Morgan fingerprint density at radius 3 is 2.56 bits per heavy atom. The molecule has 0 amide bonds. The molecular weight excluding hydrogens is 364 g/mol. The molecular formula is C19H24N4O3S. The van der Waals surface area contributed by atoms with E-state index >= 15 is 0 Å². The van der Waals surface area contributed by atoms with Crippen LogP contribution >= 0.6 is 0 Å². The van der Waals surface area contributed by atoms with Crippen LogP contribution in [0.4, 0.5) is 5.82 Å². The van der Waals surface area contributed by atoms with Gasteiger partial charge in [-0.3, -0.25) is 0 Å². The molecule has 0 saturated carbocycles. The third-order valence-corrected chi connectivity index (χ3v) is 7.24. The largest absolute Gasteiger partial charge is 0.495 e. The minimum atomic E-state index is -3.59. The highest BCUT2D eigenvalue weighted by Crippen LogP contribution is 2.29. The second kappa shape index (κ2) is 7.09. The van der Waals surface area contributed by atoms with Gasteiger partial charge in [0, 0.05) is 26.2 Å². The molecule has 0 unspecified atom stereocenters. The number of sulfonamides is 1. The van der Waals surface area contributed by atoms with Crippen LogP contribution in [-0.4, -0.2) is 56.2 Å². The van der Waals surface area contributed by atoms with Gasteiger partial charge in [0.15, 0.2) is 5.82 Å². The van der Waals surface area contributed by atoms with Crippen molar-refractivity contribution in [3.63, 3.8) is 0 Å². The molecule has 1 aliphatic carbocycles. The van der Waals surface area contributed by atoms with Gasteiger partial charge in [-0.15, -0.1) is 5.10 Å². The molecule has 0 N–H and O–H groups in total. The zero-order chi connectivity index (χ0) is 19.0. The van der Waals surface area contributed by atoms with Crippen molar-refractivity contribution in [2.24, 2.45) is 0 Å². The molecule has 1 aliphatic heterocycles. The summed E-state index contributed by atoms with van der Waals surface area (Å²) in [5.41, 5.74) is 3.34. The van der Waals surface area contributed by atoms with E-state index < -0.39 is 10.0 Å². The van der Waals surface area contributed by atoms with Crippen LogP contribution in [-0.2, 0) is 22.9 Å². The number of methoxy groups -OCH3 is 1. The third-order valence-electron chi connectivity index (χ3n) is 5.31. The monoisotopic (exact) mass is 388 g/mol. The molecule has 0 atom stereocenters. The topological polar surface area (TPSA) is 75.6 Å². The number of piperazine rings is 1. The second-order valence-corrected chi connectivity index (χ2v) is 8.98. The van der Waals surface area contributed by atoms with E-state index in [1.807, 2.05) is 6.92 Å². The lowest BCUT2D eigenvalue weighted by Gasteiger charge is -2.34. The van der Waals surface area contributed by atoms with Crippen LogP contribution in [0.15, 0.2) is 29.2 Å². The SMILES string of the molecule is COc1cc(C)ccc1S(=O)(=O)N1CCN(c2cc3c(nn2)CCC3)CC1. The standard InChI is InChI=1S/C19H24N4O3S/c1-14-6-7-18(17(12-14)26-2)27(24,25)23-10-8-22(9-11-23)19-13-15-4-3-5-16(15)20-21-19/h6-7,12-13H,3-5,8-11H2,1-2H3. The summed E-state index contributed by atoms with van der Waals surface area (Å²) < 4.78 is 33.0. The molecule has 0 radical (unpaired) electrons. The van der Waals surface area contributed by atoms with Crippen LogP contribution in [0.3, 0.4) is 0 Å². The summed E-state index contributed by atoms with van der Waals surface area (Å²) in [6.07, 6.45) is 3.20. The highest BCUT2D eigenvalue weighted by molar-refractivity contribution is 7.89. The smallest absolute Gasteiger partial charge is 0.246 e. The Morgan fingerprint density at radius 2 is 1.81 bits per heavy atom. The maximum Gasteiger partial charge on any atom is 0.246 e. The number of hydrogen-bond acceptors (Lipinski definition) is 6. The van der Waals surface area contributed by atoms with E-state index in [9.17, 15) is 8.42 Å². The first-order chi connectivity index (χ1) is 13.0. The fourth-order valence-corrected chi connectivity index (χ4v) is 5.31. The Hall–Kier alpha value is -2.19. The first-order valence-corrected chi connectivity index (χ1v) is 10.7. The first-order valence-electron chi connectivity index (χ1n) is 9.24. The van der Waals surface area contributed by atoms with Gasteiger partial charge in [-0.2, -0.15) is 9.40 Å². The zero-order valence-corrected chi connectivity index (χ0v) is 16.5. The quantitative estimate of drug-likeness (QED) is 0.795. The Morgan fingerprint density at radius 1 is 1.04 bits per heavy atom. The lowest BCUT2D eigenvalue weighted by Crippen LogP contribution is -2.49. The van der Waals surface area contributed by atoms with Crippen LogP contribution in [0.5, 0.6) is 5.75 Å². The van der Waals surface area contributed by atoms with Crippen LogP contribution in [0, 0.1) is 6.92 Å². The molecule has 7 nitrogen and oxygen atoms in total. The number of anilines is 1. The summed E-state index contributed by atoms with van der Waals surface area (Å²) >= 11 is 0. The van der Waals surface area contributed by atoms with Crippen molar-refractivity contribution in [3.8, 4) is 5.75 Å². The van der Waals surface area contributed by atoms with E-state index in [0.29, 0.717) is 31.9 Å². The molecule has 1 aromatic heterocycles. The Bertz CT molecular complexity index is 953. The average Bonchev–Trinajstić information content (AvgIpc) is 3.15. The summed E-state index contributed by atoms with van der Waals surface area (Å²) in [4.78, 5) is 2.34. The highest BCUT2D eigenvalue weighted by atomic mass is 32.2. The Kier molecular flexibility index (Phi) is 4.77. The fourth-order valence-electron chi connectivity index (χ4n) is 3.76. The van der Waals surface area contributed by atoms with Gasteiger partial charge < -0.3 is 9.64 Å². The van der Waals surface area contributed by atoms with Crippen LogP contribution in [0.1, 0.15) is 23.2 Å². The van der Waals surface area contributed by atoms with Crippen molar-refractivity contribution in [2.45, 2.75) is 31.1 Å². The molecule has 1 fully saturated rings. The maximum absolute atomic E-state index is 13.1. The number of aromatic nitrogens is 2. The number of aryl methyl sites for hydroxylation is 3. The molecule has 0 spiro atoms. The molecule has 27 heavy (non-hydrogen) atoms. The highest BCUT2D eigenvalue weighted by Gasteiger charge is 2.31. The first kappa shape index (κ1) is 18.2. The fraction of sp³-hybridized carbons (Fsp3) is 0.474. The van der Waals surface area contributed by atoms with E-state index in [2.05, 4.69) is 21.2 Å². The minimum Gasteiger partial charge on any atom is -0.495 e. The Balaban J connectivity index is 1.50. The van der Waals surface area contributed by atoms with Crippen LogP contribution < -0.4 is 9.64 Å². The van der Waals surface area contributed by atoms with Gasteiger partial charge in [-0.05, 0) is 55.5 Å². The van der Waals surface area contributed by atoms with Crippen LogP contribution in [0.2, 0.25) is 0 Å². The minimum absolute atomic E-state index is 0.223. The van der Waals surface area contributed by atoms with Crippen molar-refractivity contribution in [2.75, 3.05) is 38.2 Å². The Labute approximate surface area is 160 Å². The summed E-state index contributed by atoms with van der Waals surface area (Å²) in [6, 6.07) is 7.29. The molecule has 1 saturated heterocycles. The van der Waals surface area contributed by atoms with Gasteiger partial charge in [0.25, 0.3) is 0 Å². The number of nitrogens with zero attached hydrogens (tertiary/aromatic N) is 4. The summed E-state index contributed by atoms with van der Waals surface area (Å²) in [5, 5.41) is 8.69. The van der Waals surface area contributed by atoms with Crippen molar-refractivity contribution < 1.29 is 13.2 Å². The van der Waals surface area contributed by atoms with Crippen molar-refractivity contribution in [1.82, 2.24) is 14.5 Å². The maximum atomic E-state index is 13.1. The van der Waals surface area contributed by atoms with Gasteiger partial charge in [0.05, 0.1) is 12.8 Å². The number of benzene rings is 1. The summed E-state index contributed by atoms with van der Waals surface area (Å²) in [7, 11) is -2.09. The molecule has 2 aromatic rings. The molecule has 0 bridgehead atoms. The van der Waals surface area contributed by atoms with E-state index in [-0.39, 0.29) is 4.90 Å². The van der Waals surface area contributed by atoms with Crippen molar-refractivity contribution in [1.29, 1.82) is 0 Å². The number of fused-ring (bicyclic) bond motifs is 1. The van der Waals surface area contributed by atoms with E-state index in [4.69, 9.17) is 4.74 Å².